The fourth-order valence-corrected chi connectivity index (χ4v) is 9.05. The average molecular weight is 725 g/mol. The van der Waals surface area contributed by atoms with Crippen LogP contribution in [0.15, 0.2) is 194 Å². The van der Waals surface area contributed by atoms with E-state index in [1.165, 1.54) is 38.9 Å². The first kappa shape index (κ1) is 32.7. The van der Waals surface area contributed by atoms with Crippen LogP contribution in [0.5, 0.6) is 0 Å². The van der Waals surface area contributed by atoms with Crippen LogP contribution in [0.2, 0.25) is 0 Å². The molecule has 0 radical (unpaired) electrons. The third-order valence-electron chi connectivity index (χ3n) is 11.6. The lowest BCUT2D eigenvalue weighted by Gasteiger charge is -2.30. The normalized spacial score (nSPS) is 12.7. The van der Waals surface area contributed by atoms with Crippen LogP contribution in [-0.2, 0) is 5.41 Å². The van der Waals surface area contributed by atoms with E-state index in [1.807, 2.05) is 48.5 Å². The predicted octanol–water partition coefficient (Wildman–Crippen LogP) is 13.1. The predicted molar refractivity (Wildman–Crippen MR) is 230 cm³/mol. The van der Waals surface area contributed by atoms with Crippen molar-refractivity contribution in [2.45, 2.75) is 5.41 Å². The van der Waals surface area contributed by atoms with E-state index in [2.05, 4.69) is 150 Å². The fourth-order valence-electron chi connectivity index (χ4n) is 9.05. The third kappa shape index (κ3) is 5.03. The fraction of sp³-hybridized carbons (Fsp3) is 0.0189. The second-order valence-electron chi connectivity index (χ2n) is 14.6. The minimum Gasteiger partial charge on any atom is -0.238 e. The maximum absolute atomic E-state index is 8.22. The largest absolute Gasteiger partial charge is 0.238 e. The van der Waals surface area contributed by atoms with Crippen molar-refractivity contribution in [2.75, 3.05) is 0 Å². The lowest BCUT2D eigenvalue weighted by atomic mass is 9.70. The number of hydrogen-bond acceptors (Lipinski definition) is 3. The van der Waals surface area contributed by atoms with Crippen LogP contribution < -0.4 is 0 Å². The molecule has 0 bridgehead atoms. The standard InChI is InChI=1S/C53H32N4/c1-54-48-22-12-21-47-49(48)43-33-40(31-32-46(43)53(47)44-19-10-8-17-41(44)42-18-9-11-20-45(42)53)36-25-29-39(30-26-36)52-56-50(37-15-6-3-7-16-37)55-51(57-52)38-27-23-35(24-28-38)34-13-4-2-5-14-34/h2-33H. The molecule has 8 aromatic carbocycles. The molecule has 0 atom stereocenters. The number of benzene rings is 8. The van der Waals surface area contributed by atoms with E-state index in [0.29, 0.717) is 23.2 Å². The van der Waals surface area contributed by atoms with Gasteiger partial charge in [-0.25, -0.2) is 19.8 Å². The molecule has 4 nitrogen and oxygen atoms in total. The van der Waals surface area contributed by atoms with Gasteiger partial charge in [0.05, 0.1) is 12.0 Å². The Labute approximate surface area is 331 Å². The molecule has 0 aliphatic heterocycles. The monoisotopic (exact) mass is 724 g/mol. The molecule has 264 valence electrons. The highest BCUT2D eigenvalue weighted by Crippen LogP contribution is 2.64. The third-order valence-corrected chi connectivity index (χ3v) is 11.6. The summed E-state index contributed by atoms with van der Waals surface area (Å²) in [7, 11) is 0. The van der Waals surface area contributed by atoms with Gasteiger partial charge in [0.15, 0.2) is 23.2 Å². The molecule has 1 heterocycles. The van der Waals surface area contributed by atoms with Gasteiger partial charge in [-0.1, -0.05) is 188 Å². The smallest absolute Gasteiger partial charge is 0.195 e. The quantitative estimate of drug-likeness (QED) is 0.166. The molecule has 9 aromatic rings. The highest BCUT2D eigenvalue weighted by molar-refractivity contribution is 6.00. The van der Waals surface area contributed by atoms with Gasteiger partial charge >= 0.3 is 0 Å². The Bertz CT molecular complexity index is 3010. The zero-order valence-corrected chi connectivity index (χ0v) is 30.8. The zero-order chi connectivity index (χ0) is 37.9. The molecule has 57 heavy (non-hydrogen) atoms. The number of hydrogen-bond donors (Lipinski definition) is 0. The molecule has 2 aliphatic rings. The summed E-state index contributed by atoms with van der Waals surface area (Å²) in [5.74, 6) is 1.87. The van der Waals surface area contributed by atoms with Crippen molar-refractivity contribution in [3.8, 4) is 78.7 Å². The van der Waals surface area contributed by atoms with Crippen LogP contribution in [0.4, 0.5) is 5.69 Å². The van der Waals surface area contributed by atoms with E-state index in [0.717, 1.165) is 44.5 Å². The van der Waals surface area contributed by atoms with Crippen molar-refractivity contribution in [3.63, 3.8) is 0 Å². The first-order chi connectivity index (χ1) is 28.2. The van der Waals surface area contributed by atoms with E-state index in [-0.39, 0.29) is 0 Å². The minimum absolute atomic E-state index is 0.490. The summed E-state index contributed by atoms with van der Waals surface area (Å²) in [5, 5.41) is 0. The second kappa shape index (κ2) is 12.9. The Morgan fingerprint density at radius 3 is 1.30 bits per heavy atom. The average Bonchev–Trinajstić information content (AvgIpc) is 3.77. The maximum atomic E-state index is 8.22. The first-order valence-electron chi connectivity index (χ1n) is 19.1. The molecule has 11 rings (SSSR count). The highest BCUT2D eigenvalue weighted by atomic mass is 15.0. The molecule has 4 heteroatoms. The van der Waals surface area contributed by atoms with Gasteiger partial charge in [-0.05, 0) is 72.8 Å². The van der Waals surface area contributed by atoms with Crippen molar-refractivity contribution in [3.05, 3.63) is 228 Å². The summed E-state index contributed by atoms with van der Waals surface area (Å²) in [5.41, 5.74) is 17.0. The zero-order valence-electron chi connectivity index (χ0n) is 30.8. The van der Waals surface area contributed by atoms with Gasteiger partial charge in [-0.2, -0.15) is 0 Å². The summed E-state index contributed by atoms with van der Waals surface area (Å²) in [6.07, 6.45) is 0. The molecule has 0 saturated carbocycles. The van der Waals surface area contributed by atoms with Gasteiger partial charge in [0, 0.05) is 16.7 Å². The van der Waals surface area contributed by atoms with E-state index >= 15 is 0 Å². The molecule has 0 amide bonds. The molecular weight excluding hydrogens is 693 g/mol. The van der Waals surface area contributed by atoms with Gasteiger partial charge in [-0.3, -0.25) is 0 Å². The summed E-state index contributed by atoms with van der Waals surface area (Å²) in [4.78, 5) is 19.0. The number of rotatable bonds is 5. The number of fused-ring (bicyclic) bond motifs is 10. The SMILES string of the molecule is [C-]#[N+]c1cccc2c1-c1cc(-c3ccc(-c4nc(-c5ccccc5)nc(-c5ccc(-c6ccccc6)cc5)n4)cc3)ccc1C21c2ccccc2-c2ccccc21. The van der Waals surface area contributed by atoms with Crippen molar-refractivity contribution >= 4 is 5.69 Å². The Balaban J connectivity index is 1.01. The molecule has 2 aliphatic carbocycles. The van der Waals surface area contributed by atoms with Crippen molar-refractivity contribution in [2.24, 2.45) is 0 Å². The van der Waals surface area contributed by atoms with Crippen LogP contribution >= 0.6 is 0 Å². The van der Waals surface area contributed by atoms with Crippen LogP contribution in [0.3, 0.4) is 0 Å². The molecule has 1 aromatic heterocycles. The summed E-state index contributed by atoms with van der Waals surface area (Å²) in [6, 6.07) is 67.8. The number of aromatic nitrogens is 3. The Kier molecular flexibility index (Phi) is 7.42. The lowest BCUT2D eigenvalue weighted by Crippen LogP contribution is -2.25. The summed E-state index contributed by atoms with van der Waals surface area (Å²) < 4.78 is 0. The van der Waals surface area contributed by atoms with Gasteiger partial charge < -0.3 is 0 Å². The highest BCUT2D eigenvalue weighted by Gasteiger charge is 2.51. The summed E-state index contributed by atoms with van der Waals surface area (Å²) in [6.45, 7) is 8.22. The van der Waals surface area contributed by atoms with Crippen LogP contribution in [0.25, 0.3) is 83.5 Å². The van der Waals surface area contributed by atoms with Crippen LogP contribution in [0, 0.1) is 6.57 Å². The van der Waals surface area contributed by atoms with Gasteiger partial charge in [0.25, 0.3) is 0 Å². The molecule has 0 unspecified atom stereocenters. The van der Waals surface area contributed by atoms with E-state index in [9.17, 15) is 0 Å². The number of nitrogens with zero attached hydrogens (tertiary/aromatic N) is 4. The Hall–Kier alpha value is -7.74. The molecule has 1 spiro atoms. The van der Waals surface area contributed by atoms with E-state index in [1.54, 1.807) is 0 Å². The Morgan fingerprint density at radius 2 is 0.737 bits per heavy atom. The lowest BCUT2D eigenvalue weighted by molar-refractivity contribution is 0.794. The minimum atomic E-state index is -0.490. The van der Waals surface area contributed by atoms with Gasteiger partial charge in [0.1, 0.15) is 0 Å². The first-order valence-corrected chi connectivity index (χ1v) is 19.1. The topological polar surface area (TPSA) is 43.0 Å². The maximum Gasteiger partial charge on any atom is 0.195 e. The Morgan fingerprint density at radius 1 is 0.333 bits per heavy atom. The molecular formula is C53H32N4. The van der Waals surface area contributed by atoms with E-state index < -0.39 is 5.41 Å². The molecule has 0 fully saturated rings. The second-order valence-corrected chi connectivity index (χ2v) is 14.6. The van der Waals surface area contributed by atoms with Crippen molar-refractivity contribution in [1.29, 1.82) is 0 Å². The molecule has 0 N–H and O–H groups in total. The molecule has 0 saturated heterocycles. The van der Waals surface area contributed by atoms with Crippen LogP contribution in [0.1, 0.15) is 22.3 Å². The van der Waals surface area contributed by atoms with Gasteiger partial charge in [-0.15, -0.1) is 0 Å². The van der Waals surface area contributed by atoms with Crippen LogP contribution in [-0.4, -0.2) is 15.0 Å². The summed E-state index contributed by atoms with van der Waals surface area (Å²) >= 11 is 0. The van der Waals surface area contributed by atoms with Crippen molar-refractivity contribution in [1.82, 2.24) is 15.0 Å². The van der Waals surface area contributed by atoms with Gasteiger partial charge in [0.2, 0.25) is 0 Å². The van der Waals surface area contributed by atoms with E-state index in [4.69, 9.17) is 21.5 Å². The van der Waals surface area contributed by atoms with Crippen molar-refractivity contribution < 1.29 is 0 Å².